The molecule has 0 atom stereocenters. The van der Waals surface area contributed by atoms with Gasteiger partial charge in [0, 0.05) is 5.69 Å². The monoisotopic (exact) mass is 271 g/mol. The number of rotatable bonds is 1. The van der Waals surface area contributed by atoms with Crippen LogP contribution >= 0.6 is 12.4 Å². The maximum Gasteiger partial charge on any atom is 0.220 e. The molecule has 0 aromatic heterocycles. The van der Waals surface area contributed by atoms with Crippen LogP contribution in [0.2, 0.25) is 0 Å². The minimum atomic E-state index is -0.645. The molecular formula is C11H15ClFN5. The molecule has 7 heteroatoms. The molecule has 0 saturated carbocycles. The van der Waals surface area contributed by atoms with Crippen molar-refractivity contribution in [2.45, 2.75) is 19.5 Å². The lowest BCUT2D eigenvalue weighted by Crippen LogP contribution is -2.54. The summed E-state index contributed by atoms with van der Waals surface area (Å²) in [5.74, 6) is 0.0852. The normalized spacial score (nSPS) is 17.6. The predicted molar refractivity (Wildman–Crippen MR) is 73.5 cm³/mol. The third-order valence-corrected chi connectivity index (χ3v) is 2.48. The molecule has 5 nitrogen and oxygen atoms in total. The second kappa shape index (κ2) is 4.81. The van der Waals surface area contributed by atoms with E-state index in [0.717, 1.165) is 0 Å². The molecule has 0 bridgehead atoms. The fraction of sp³-hybridized carbons (Fsp3) is 0.273. The molecule has 0 spiro atoms. The van der Waals surface area contributed by atoms with Gasteiger partial charge in [0.15, 0.2) is 0 Å². The lowest BCUT2D eigenvalue weighted by Gasteiger charge is -2.38. The molecule has 1 aliphatic rings. The van der Waals surface area contributed by atoms with Crippen LogP contribution in [0.25, 0.3) is 0 Å². The number of halogens is 2. The molecule has 0 saturated heterocycles. The summed E-state index contributed by atoms with van der Waals surface area (Å²) in [5.41, 5.74) is 11.5. The summed E-state index contributed by atoms with van der Waals surface area (Å²) in [7, 11) is 0. The van der Waals surface area contributed by atoms with E-state index in [0.29, 0.717) is 5.69 Å². The summed E-state index contributed by atoms with van der Waals surface area (Å²) < 4.78 is 12.9. The molecule has 0 amide bonds. The molecule has 1 heterocycles. The fourth-order valence-electron chi connectivity index (χ4n) is 1.84. The van der Waals surface area contributed by atoms with Crippen LogP contribution < -0.4 is 16.4 Å². The number of aliphatic imine (C=N–C) groups is 2. The van der Waals surface area contributed by atoms with Crippen LogP contribution in [-0.4, -0.2) is 17.6 Å². The molecule has 1 aromatic rings. The van der Waals surface area contributed by atoms with Gasteiger partial charge in [0.1, 0.15) is 11.5 Å². The zero-order valence-electron chi connectivity index (χ0n) is 10.1. The molecule has 2 rings (SSSR count). The van der Waals surface area contributed by atoms with Crippen LogP contribution in [0, 0.1) is 5.82 Å². The van der Waals surface area contributed by atoms with Gasteiger partial charge in [0.2, 0.25) is 11.9 Å². The minimum absolute atomic E-state index is 0. The van der Waals surface area contributed by atoms with Gasteiger partial charge in [0.25, 0.3) is 0 Å². The van der Waals surface area contributed by atoms with Gasteiger partial charge in [-0.2, -0.15) is 4.99 Å². The standard InChI is InChI=1S/C11H14FN5.ClH/c1-11(2)16-9(13)15-10(14)17(11)8-5-3-7(12)4-6-8;/h3-6H,1-2H3,(H4,13,14,15,16);1H. The Labute approximate surface area is 111 Å². The van der Waals surface area contributed by atoms with Crippen molar-refractivity contribution in [3.63, 3.8) is 0 Å². The van der Waals surface area contributed by atoms with E-state index in [2.05, 4.69) is 9.98 Å². The van der Waals surface area contributed by atoms with Gasteiger partial charge in [0.05, 0.1) is 0 Å². The van der Waals surface area contributed by atoms with Crippen molar-refractivity contribution < 1.29 is 4.39 Å². The van der Waals surface area contributed by atoms with Crippen LogP contribution in [0.3, 0.4) is 0 Å². The van der Waals surface area contributed by atoms with E-state index in [1.807, 2.05) is 13.8 Å². The number of hydrogen-bond donors (Lipinski definition) is 2. The fourth-order valence-corrected chi connectivity index (χ4v) is 1.84. The summed E-state index contributed by atoms with van der Waals surface area (Å²) in [6.07, 6.45) is 0. The van der Waals surface area contributed by atoms with Crippen molar-refractivity contribution in [1.29, 1.82) is 0 Å². The van der Waals surface area contributed by atoms with Gasteiger partial charge in [-0.05, 0) is 38.1 Å². The lowest BCUT2D eigenvalue weighted by molar-refractivity contribution is 0.533. The third kappa shape index (κ3) is 2.53. The molecule has 0 fully saturated rings. The Morgan fingerprint density at radius 2 is 1.72 bits per heavy atom. The van der Waals surface area contributed by atoms with E-state index in [1.165, 1.54) is 12.1 Å². The Morgan fingerprint density at radius 1 is 1.17 bits per heavy atom. The number of guanidine groups is 2. The highest BCUT2D eigenvalue weighted by atomic mass is 35.5. The Balaban J connectivity index is 0.00000162. The maximum atomic E-state index is 12.9. The van der Waals surface area contributed by atoms with Gasteiger partial charge in [-0.25, -0.2) is 9.38 Å². The van der Waals surface area contributed by atoms with Crippen molar-refractivity contribution in [3.8, 4) is 0 Å². The molecule has 1 aliphatic heterocycles. The summed E-state index contributed by atoms with van der Waals surface area (Å²) in [5, 5.41) is 0. The number of nitrogens with two attached hydrogens (primary N) is 2. The van der Waals surface area contributed by atoms with Gasteiger partial charge in [-0.3, -0.25) is 4.90 Å². The van der Waals surface area contributed by atoms with Crippen LogP contribution in [0.1, 0.15) is 13.8 Å². The van der Waals surface area contributed by atoms with Gasteiger partial charge < -0.3 is 11.5 Å². The van der Waals surface area contributed by atoms with E-state index in [9.17, 15) is 4.39 Å². The first kappa shape index (κ1) is 14.2. The Bertz CT molecular complexity index is 495. The van der Waals surface area contributed by atoms with Crippen LogP contribution in [0.4, 0.5) is 10.1 Å². The highest BCUT2D eigenvalue weighted by molar-refractivity contribution is 6.05. The first-order valence-corrected chi connectivity index (χ1v) is 5.15. The average Bonchev–Trinajstić information content (AvgIpc) is 2.18. The summed E-state index contributed by atoms with van der Waals surface area (Å²) in [4.78, 5) is 9.81. The quantitative estimate of drug-likeness (QED) is 0.811. The smallest absolute Gasteiger partial charge is 0.220 e. The Morgan fingerprint density at radius 3 is 2.22 bits per heavy atom. The highest BCUT2D eigenvalue weighted by Crippen LogP contribution is 2.27. The second-order valence-corrected chi connectivity index (χ2v) is 4.25. The van der Waals surface area contributed by atoms with Crippen molar-refractivity contribution in [2.75, 3.05) is 4.90 Å². The Kier molecular flexibility index (Phi) is 3.81. The first-order valence-electron chi connectivity index (χ1n) is 5.15. The number of anilines is 1. The van der Waals surface area contributed by atoms with E-state index < -0.39 is 5.66 Å². The van der Waals surface area contributed by atoms with Crippen LogP contribution in [-0.2, 0) is 0 Å². The molecule has 0 aliphatic carbocycles. The molecule has 1 aromatic carbocycles. The highest BCUT2D eigenvalue weighted by Gasteiger charge is 2.32. The predicted octanol–water partition coefficient (Wildman–Crippen LogP) is 1.43. The van der Waals surface area contributed by atoms with Crippen LogP contribution in [0.15, 0.2) is 34.3 Å². The first-order chi connectivity index (χ1) is 7.90. The molecule has 4 N–H and O–H groups in total. The van der Waals surface area contributed by atoms with Crippen molar-refractivity contribution >= 4 is 30.0 Å². The largest absolute Gasteiger partial charge is 0.369 e. The molecule has 0 radical (unpaired) electrons. The van der Waals surface area contributed by atoms with Gasteiger partial charge in [-0.1, -0.05) is 0 Å². The number of nitrogens with zero attached hydrogens (tertiary/aromatic N) is 3. The van der Waals surface area contributed by atoms with Crippen LogP contribution in [0.5, 0.6) is 0 Å². The molecular weight excluding hydrogens is 257 g/mol. The number of benzene rings is 1. The maximum absolute atomic E-state index is 12.9. The zero-order valence-corrected chi connectivity index (χ0v) is 10.9. The summed E-state index contributed by atoms with van der Waals surface area (Å²) in [6, 6.07) is 5.97. The average molecular weight is 272 g/mol. The third-order valence-electron chi connectivity index (χ3n) is 2.48. The molecule has 0 unspecified atom stereocenters. The second-order valence-electron chi connectivity index (χ2n) is 4.25. The zero-order chi connectivity index (χ0) is 12.6. The topological polar surface area (TPSA) is 80.0 Å². The van der Waals surface area contributed by atoms with Gasteiger partial charge >= 0.3 is 0 Å². The minimum Gasteiger partial charge on any atom is -0.369 e. The van der Waals surface area contributed by atoms with E-state index in [4.69, 9.17) is 11.5 Å². The van der Waals surface area contributed by atoms with Gasteiger partial charge in [-0.15, -0.1) is 12.4 Å². The molecule has 18 heavy (non-hydrogen) atoms. The summed E-state index contributed by atoms with van der Waals surface area (Å²) in [6.45, 7) is 3.70. The lowest BCUT2D eigenvalue weighted by atomic mass is 10.1. The van der Waals surface area contributed by atoms with Crippen molar-refractivity contribution in [3.05, 3.63) is 30.1 Å². The van der Waals surface area contributed by atoms with Crippen molar-refractivity contribution in [2.24, 2.45) is 21.5 Å². The number of hydrogen-bond acceptors (Lipinski definition) is 5. The van der Waals surface area contributed by atoms with E-state index in [1.54, 1.807) is 17.0 Å². The molecule has 98 valence electrons. The van der Waals surface area contributed by atoms with E-state index >= 15 is 0 Å². The van der Waals surface area contributed by atoms with E-state index in [-0.39, 0.29) is 30.1 Å². The Hall–Kier alpha value is -1.82. The van der Waals surface area contributed by atoms with Crippen molar-refractivity contribution in [1.82, 2.24) is 0 Å². The summed E-state index contributed by atoms with van der Waals surface area (Å²) >= 11 is 0. The SMILES string of the molecule is CC1(C)N=C(N)N=C(N)N1c1ccc(F)cc1.Cl.